The van der Waals surface area contributed by atoms with Crippen LogP contribution in [-0.2, 0) is 4.74 Å². The molecule has 1 aromatic rings. The minimum absolute atomic E-state index is 0.619. The summed E-state index contributed by atoms with van der Waals surface area (Å²) in [4.78, 5) is 15.4. The van der Waals surface area contributed by atoms with Crippen molar-refractivity contribution in [2.45, 2.75) is 0 Å². The number of aromatic nitrogens is 2. The Morgan fingerprint density at radius 3 is 3.26 bits per heavy atom. The van der Waals surface area contributed by atoms with Crippen LogP contribution >= 0.6 is 15.9 Å². The number of fused-ring (bicyclic) bond motifs is 3. The highest BCUT2D eigenvalue weighted by atomic mass is 79.9. The monoisotopic (exact) mass is 323 g/mol. The lowest BCUT2D eigenvalue weighted by Gasteiger charge is -2.25. The summed E-state index contributed by atoms with van der Waals surface area (Å²) in [5.74, 6) is 2.48. The molecule has 3 heterocycles. The second kappa shape index (κ2) is 5.26. The Labute approximate surface area is 119 Å². The molecule has 0 bridgehead atoms. The Kier molecular flexibility index (Phi) is 3.48. The van der Waals surface area contributed by atoms with Crippen LogP contribution in [0.1, 0.15) is 5.56 Å². The first-order valence-corrected chi connectivity index (χ1v) is 6.88. The van der Waals surface area contributed by atoms with Crippen molar-refractivity contribution in [2.24, 2.45) is 4.99 Å². The molecule has 0 radical (unpaired) electrons. The van der Waals surface area contributed by atoms with Gasteiger partial charge in [0.25, 0.3) is 0 Å². The van der Waals surface area contributed by atoms with Gasteiger partial charge in [-0.05, 0) is 22.0 Å². The summed E-state index contributed by atoms with van der Waals surface area (Å²) in [6, 6.07) is 0. The number of nitrogens with zero attached hydrogens (tertiary/aromatic N) is 4. The molecule has 0 saturated heterocycles. The predicted molar refractivity (Wildman–Crippen MR) is 78.9 cm³/mol. The van der Waals surface area contributed by atoms with Crippen molar-refractivity contribution in [1.82, 2.24) is 9.97 Å². The quantitative estimate of drug-likeness (QED) is 0.851. The molecular weight excluding hydrogens is 310 g/mol. The first-order chi connectivity index (χ1) is 9.29. The van der Waals surface area contributed by atoms with E-state index in [1.165, 1.54) is 0 Å². The molecule has 0 atom stereocenters. The van der Waals surface area contributed by atoms with Crippen molar-refractivity contribution < 1.29 is 4.74 Å². The lowest BCUT2D eigenvalue weighted by atomic mass is 10.2. The molecule has 0 aromatic carbocycles. The third-order valence-electron chi connectivity index (χ3n) is 2.98. The molecule has 0 amide bonds. The van der Waals surface area contributed by atoms with Gasteiger partial charge in [0.15, 0.2) is 0 Å². The van der Waals surface area contributed by atoms with Gasteiger partial charge < -0.3 is 15.0 Å². The van der Waals surface area contributed by atoms with E-state index < -0.39 is 0 Å². The molecule has 0 unspecified atom stereocenters. The molecule has 2 aliphatic rings. The maximum atomic E-state index is 5.00. The molecule has 1 aromatic heterocycles. The van der Waals surface area contributed by atoms with Crippen LogP contribution in [0.4, 0.5) is 11.8 Å². The third kappa shape index (κ3) is 2.35. The largest absolute Gasteiger partial charge is 0.383 e. The zero-order chi connectivity index (χ0) is 13.2. The van der Waals surface area contributed by atoms with Crippen LogP contribution in [0.2, 0.25) is 0 Å². The van der Waals surface area contributed by atoms with E-state index in [0.717, 1.165) is 34.8 Å². The van der Waals surface area contributed by atoms with Gasteiger partial charge in [-0.1, -0.05) is 0 Å². The fourth-order valence-electron chi connectivity index (χ4n) is 2.11. The number of methoxy groups -OCH3 is 1. The average molecular weight is 324 g/mol. The second-order valence-corrected chi connectivity index (χ2v) is 5.10. The van der Waals surface area contributed by atoms with E-state index >= 15 is 0 Å². The van der Waals surface area contributed by atoms with Gasteiger partial charge >= 0.3 is 0 Å². The van der Waals surface area contributed by atoms with Crippen LogP contribution in [-0.4, -0.2) is 49.2 Å². The van der Waals surface area contributed by atoms with Crippen LogP contribution in [0.15, 0.2) is 15.7 Å². The first-order valence-electron chi connectivity index (χ1n) is 6.09. The zero-order valence-corrected chi connectivity index (χ0v) is 12.1. The molecule has 7 heteroatoms. The maximum Gasteiger partial charge on any atom is 0.224 e. The van der Waals surface area contributed by atoms with Crippen LogP contribution in [0.5, 0.6) is 0 Å². The molecule has 19 heavy (non-hydrogen) atoms. The lowest BCUT2D eigenvalue weighted by molar-refractivity contribution is 0.210. The van der Waals surface area contributed by atoms with E-state index in [0.29, 0.717) is 19.1 Å². The van der Waals surface area contributed by atoms with Crippen molar-refractivity contribution in [2.75, 3.05) is 43.6 Å². The Morgan fingerprint density at radius 2 is 2.42 bits per heavy atom. The van der Waals surface area contributed by atoms with E-state index in [1.54, 1.807) is 7.11 Å². The number of rotatable bonds is 4. The maximum absolute atomic E-state index is 5.00. The molecule has 1 N–H and O–H groups in total. The summed E-state index contributed by atoms with van der Waals surface area (Å²) >= 11 is 3.54. The van der Waals surface area contributed by atoms with Gasteiger partial charge in [-0.25, -0.2) is 4.98 Å². The van der Waals surface area contributed by atoms with E-state index in [9.17, 15) is 0 Å². The number of amidine groups is 1. The van der Waals surface area contributed by atoms with E-state index in [2.05, 4.69) is 41.1 Å². The average Bonchev–Trinajstić information content (AvgIpc) is 2.90. The summed E-state index contributed by atoms with van der Waals surface area (Å²) in [7, 11) is 1.67. The number of hydrogen-bond acceptors (Lipinski definition) is 6. The highest BCUT2D eigenvalue weighted by molar-refractivity contribution is 9.12. The Hall–Kier alpha value is -1.47. The first kappa shape index (κ1) is 12.6. The highest BCUT2D eigenvalue weighted by Crippen LogP contribution is 2.32. The summed E-state index contributed by atoms with van der Waals surface area (Å²) < 4.78 is 5.98. The minimum atomic E-state index is 0.619. The van der Waals surface area contributed by atoms with Gasteiger partial charge in [0.05, 0.1) is 17.6 Å². The Morgan fingerprint density at radius 1 is 1.53 bits per heavy atom. The van der Waals surface area contributed by atoms with E-state index in [-0.39, 0.29) is 0 Å². The van der Waals surface area contributed by atoms with Gasteiger partial charge in [-0.15, -0.1) is 0 Å². The van der Waals surface area contributed by atoms with E-state index in [1.807, 2.05) is 12.3 Å². The molecule has 100 valence electrons. The fourth-order valence-corrected chi connectivity index (χ4v) is 2.70. The molecule has 3 rings (SSSR count). The highest BCUT2D eigenvalue weighted by Gasteiger charge is 2.28. The molecule has 0 saturated carbocycles. The van der Waals surface area contributed by atoms with Crippen molar-refractivity contribution >= 4 is 39.6 Å². The number of anilines is 2. The topological polar surface area (TPSA) is 62.6 Å². The molecule has 0 aliphatic carbocycles. The normalized spacial score (nSPS) is 16.6. The lowest BCUT2D eigenvalue weighted by Crippen LogP contribution is -2.31. The fraction of sp³-hybridized carbons (Fsp3) is 0.417. The zero-order valence-electron chi connectivity index (χ0n) is 10.6. The van der Waals surface area contributed by atoms with Crippen molar-refractivity contribution in [3.8, 4) is 0 Å². The summed E-state index contributed by atoms with van der Waals surface area (Å²) in [5.41, 5.74) is 1.00. The van der Waals surface area contributed by atoms with Crippen molar-refractivity contribution in [3.63, 3.8) is 0 Å². The standard InChI is InChI=1S/C12H14BrN5O/c1-19-5-3-15-12-16-7-8-6-9(13)11-14-2-4-18(11)10(8)17-12/h6-7H,2-5H2,1H3,(H,15,16,17). The SMILES string of the molecule is COCCNc1ncc2c(n1)N1CCN=C1C(Br)=C2. The van der Waals surface area contributed by atoms with Crippen molar-refractivity contribution in [1.29, 1.82) is 0 Å². The van der Waals surface area contributed by atoms with Gasteiger partial charge in [0, 0.05) is 32.0 Å². The number of halogens is 1. The van der Waals surface area contributed by atoms with Crippen LogP contribution in [0.25, 0.3) is 6.08 Å². The molecule has 6 nitrogen and oxygen atoms in total. The molecule has 0 spiro atoms. The van der Waals surface area contributed by atoms with Gasteiger partial charge in [0.2, 0.25) is 5.95 Å². The van der Waals surface area contributed by atoms with Crippen molar-refractivity contribution in [3.05, 3.63) is 16.2 Å². The van der Waals surface area contributed by atoms with Gasteiger partial charge in [-0.3, -0.25) is 4.99 Å². The van der Waals surface area contributed by atoms with Gasteiger partial charge in [0.1, 0.15) is 11.7 Å². The van der Waals surface area contributed by atoms with Crippen LogP contribution in [0.3, 0.4) is 0 Å². The number of nitrogens with one attached hydrogen (secondary N) is 1. The minimum Gasteiger partial charge on any atom is -0.383 e. The van der Waals surface area contributed by atoms with E-state index in [4.69, 9.17) is 4.74 Å². The number of aliphatic imine (C=N–C) groups is 1. The summed E-state index contributed by atoms with van der Waals surface area (Å²) in [6.45, 7) is 2.98. The Balaban J connectivity index is 1.88. The smallest absolute Gasteiger partial charge is 0.224 e. The predicted octanol–water partition coefficient (Wildman–Crippen LogP) is 1.50. The molecular formula is C12H14BrN5O. The Bertz CT molecular complexity index is 557. The number of hydrogen-bond donors (Lipinski definition) is 1. The third-order valence-corrected chi connectivity index (χ3v) is 3.56. The van der Waals surface area contributed by atoms with Gasteiger partial charge in [-0.2, -0.15) is 4.98 Å². The van der Waals surface area contributed by atoms with Crippen LogP contribution < -0.4 is 10.2 Å². The summed E-state index contributed by atoms with van der Waals surface area (Å²) in [6.07, 6.45) is 3.84. The second-order valence-electron chi connectivity index (χ2n) is 4.24. The summed E-state index contributed by atoms with van der Waals surface area (Å²) in [5, 5.41) is 3.14. The van der Waals surface area contributed by atoms with Crippen LogP contribution in [0, 0.1) is 0 Å². The molecule has 0 fully saturated rings. The molecule has 2 aliphatic heterocycles. The number of ether oxygens (including phenoxy) is 1.